The Morgan fingerprint density at radius 2 is 1.79 bits per heavy atom. The monoisotopic (exact) mass is 505 g/mol. The molecule has 1 heterocycles. The second kappa shape index (κ2) is 9.67. The van der Waals surface area contributed by atoms with Gasteiger partial charge in [0.2, 0.25) is 0 Å². The summed E-state index contributed by atoms with van der Waals surface area (Å²) in [5, 5.41) is 11.8. The van der Waals surface area contributed by atoms with Crippen LogP contribution in [0.15, 0.2) is 76.9 Å². The van der Waals surface area contributed by atoms with Crippen molar-refractivity contribution in [2.75, 3.05) is 0 Å². The molecular weight excluding hydrogens is 489 g/mol. The number of carbonyl (C=O) groups is 2. The van der Waals surface area contributed by atoms with Crippen LogP contribution in [-0.4, -0.2) is 16.8 Å². The number of imide groups is 1. The van der Waals surface area contributed by atoms with E-state index in [1.807, 2.05) is 6.07 Å². The molecule has 0 saturated carbocycles. The quantitative estimate of drug-likeness (QED) is 0.371. The highest BCUT2D eigenvalue weighted by Gasteiger charge is 2.34. The van der Waals surface area contributed by atoms with E-state index in [0.29, 0.717) is 16.9 Å². The number of benzene rings is 3. The van der Waals surface area contributed by atoms with Gasteiger partial charge in [-0.05, 0) is 36.4 Å². The maximum Gasteiger partial charge on any atom is 0.329 e. The SMILES string of the molecule is N#Cc1ccccc1COc1ccc(Br)cc1/C=C1/NC(=O)N(Cc2ccccc2F)C1=O. The summed E-state index contributed by atoms with van der Waals surface area (Å²) in [5.41, 5.74) is 2.08. The summed E-state index contributed by atoms with van der Waals surface area (Å²) >= 11 is 3.40. The van der Waals surface area contributed by atoms with E-state index in [0.717, 1.165) is 14.9 Å². The molecule has 3 amide bonds. The lowest BCUT2D eigenvalue weighted by atomic mass is 10.1. The van der Waals surface area contributed by atoms with Crippen molar-refractivity contribution in [2.45, 2.75) is 13.2 Å². The molecule has 1 saturated heterocycles. The Labute approximate surface area is 198 Å². The summed E-state index contributed by atoms with van der Waals surface area (Å²) in [4.78, 5) is 26.2. The van der Waals surface area contributed by atoms with Crippen LogP contribution in [0.25, 0.3) is 6.08 Å². The smallest absolute Gasteiger partial charge is 0.329 e. The van der Waals surface area contributed by atoms with Gasteiger partial charge >= 0.3 is 6.03 Å². The number of halogens is 2. The highest BCUT2D eigenvalue weighted by atomic mass is 79.9. The first-order valence-electron chi connectivity index (χ1n) is 9.94. The first-order chi connectivity index (χ1) is 16.0. The van der Waals surface area contributed by atoms with Crippen molar-refractivity contribution in [3.8, 4) is 11.8 Å². The molecular formula is C25H17BrFN3O3. The predicted octanol–water partition coefficient (Wildman–Crippen LogP) is 5.13. The largest absolute Gasteiger partial charge is 0.488 e. The van der Waals surface area contributed by atoms with Crippen LogP contribution >= 0.6 is 15.9 Å². The van der Waals surface area contributed by atoms with Gasteiger partial charge in [0, 0.05) is 21.2 Å². The maximum atomic E-state index is 14.0. The van der Waals surface area contributed by atoms with E-state index in [2.05, 4.69) is 27.3 Å². The molecule has 164 valence electrons. The van der Waals surface area contributed by atoms with Crippen molar-refractivity contribution >= 4 is 33.9 Å². The van der Waals surface area contributed by atoms with E-state index in [9.17, 15) is 19.2 Å². The zero-order valence-electron chi connectivity index (χ0n) is 17.2. The number of urea groups is 1. The number of rotatable bonds is 6. The van der Waals surface area contributed by atoms with Gasteiger partial charge in [0.15, 0.2) is 0 Å². The molecule has 4 rings (SSSR count). The Morgan fingerprint density at radius 3 is 2.55 bits per heavy atom. The second-order valence-corrected chi connectivity index (χ2v) is 8.13. The minimum atomic E-state index is -0.630. The summed E-state index contributed by atoms with van der Waals surface area (Å²) in [6.07, 6.45) is 1.51. The van der Waals surface area contributed by atoms with Crippen LogP contribution < -0.4 is 10.1 Å². The molecule has 3 aromatic rings. The topological polar surface area (TPSA) is 82.4 Å². The van der Waals surface area contributed by atoms with E-state index in [1.54, 1.807) is 48.5 Å². The molecule has 0 unspecified atom stereocenters. The maximum absolute atomic E-state index is 14.0. The van der Waals surface area contributed by atoms with Gasteiger partial charge in [-0.2, -0.15) is 5.26 Å². The first-order valence-corrected chi connectivity index (χ1v) is 10.7. The van der Waals surface area contributed by atoms with Crippen molar-refractivity contribution in [1.82, 2.24) is 10.2 Å². The van der Waals surface area contributed by atoms with E-state index in [-0.39, 0.29) is 24.4 Å². The summed E-state index contributed by atoms with van der Waals surface area (Å²) < 4.78 is 20.7. The number of nitrogens with one attached hydrogen (secondary N) is 1. The Hall–Kier alpha value is -3.96. The summed E-state index contributed by atoms with van der Waals surface area (Å²) in [6.45, 7) is -0.0251. The minimum absolute atomic E-state index is 0.0525. The van der Waals surface area contributed by atoms with Gasteiger partial charge < -0.3 is 10.1 Å². The number of nitriles is 1. The lowest BCUT2D eigenvalue weighted by Crippen LogP contribution is -2.30. The minimum Gasteiger partial charge on any atom is -0.488 e. The highest BCUT2D eigenvalue weighted by molar-refractivity contribution is 9.10. The lowest BCUT2D eigenvalue weighted by Gasteiger charge is -2.12. The van der Waals surface area contributed by atoms with Crippen LogP contribution in [0.3, 0.4) is 0 Å². The van der Waals surface area contributed by atoms with Crippen LogP contribution in [-0.2, 0) is 17.9 Å². The normalized spacial score (nSPS) is 14.3. The first kappa shape index (κ1) is 22.2. The molecule has 6 nitrogen and oxygen atoms in total. The molecule has 8 heteroatoms. The van der Waals surface area contributed by atoms with Crippen LogP contribution in [0.2, 0.25) is 0 Å². The highest BCUT2D eigenvalue weighted by Crippen LogP contribution is 2.28. The van der Waals surface area contributed by atoms with Crippen LogP contribution in [0.1, 0.15) is 22.3 Å². The lowest BCUT2D eigenvalue weighted by molar-refractivity contribution is -0.123. The van der Waals surface area contributed by atoms with Gasteiger partial charge in [-0.3, -0.25) is 9.69 Å². The molecule has 0 spiro atoms. The van der Waals surface area contributed by atoms with Gasteiger partial charge in [-0.25, -0.2) is 9.18 Å². The third-order valence-corrected chi connectivity index (χ3v) is 5.53. The van der Waals surface area contributed by atoms with Gasteiger partial charge in [0.05, 0.1) is 18.2 Å². The van der Waals surface area contributed by atoms with Crippen molar-refractivity contribution in [2.24, 2.45) is 0 Å². The molecule has 0 radical (unpaired) electrons. The summed E-state index contributed by atoms with van der Waals surface area (Å²) in [5.74, 6) is -0.590. The third kappa shape index (κ3) is 4.94. The molecule has 0 aromatic heterocycles. The number of ether oxygens (including phenoxy) is 1. The molecule has 3 aromatic carbocycles. The Kier molecular flexibility index (Phi) is 6.52. The number of hydrogen-bond acceptors (Lipinski definition) is 4. The third-order valence-electron chi connectivity index (χ3n) is 5.04. The zero-order chi connectivity index (χ0) is 23.4. The zero-order valence-corrected chi connectivity index (χ0v) is 18.8. The molecule has 1 N–H and O–H groups in total. The fourth-order valence-electron chi connectivity index (χ4n) is 3.34. The summed E-state index contributed by atoms with van der Waals surface area (Å²) in [7, 11) is 0. The number of nitrogens with zero attached hydrogens (tertiary/aromatic N) is 2. The average Bonchev–Trinajstić information content (AvgIpc) is 3.07. The van der Waals surface area contributed by atoms with Gasteiger partial charge in [0.25, 0.3) is 5.91 Å². The molecule has 1 aliphatic rings. The van der Waals surface area contributed by atoms with Crippen molar-refractivity contribution < 1.29 is 18.7 Å². The van der Waals surface area contributed by atoms with Gasteiger partial charge in [-0.15, -0.1) is 0 Å². The molecule has 0 bridgehead atoms. The van der Waals surface area contributed by atoms with Crippen molar-refractivity contribution in [3.05, 3.63) is 105 Å². The summed E-state index contributed by atoms with van der Waals surface area (Å²) in [6, 6.07) is 19.9. The Balaban J connectivity index is 1.58. The van der Waals surface area contributed by atoms with E-state index in [4.69, 9.17) is 4.74 Å². The van der Waals surface area contributed by atoms with E-state index >= 15 is 0 Å². The predicted molar refractivity (Wildman–Crippen MR) is 123 cm³/mol. The number of carbonyl (C=O) groups excluding carboxylic acids is 2. The van der Waals surface area contributed by atoms with E-state index in [1.165, 1.54) is 18.2 Å². The molecule has 1 aliphatic heterocycles. The van der Waals surface area contributed by atoms with Crippen molar-refractivity contribution in [1.29, 1.82) is 5.26 Å². The molecule has 1 fully saturated rings. The van der Waals surface area contributed by atoms with Crippen LogP contribution in [0.4, 0.5) is 9.18 Å². The van der Waals surface area contributed by atoms with Crippen molar-refractivity contribution in [3.63, 3.8) is 0 Å². The Morgan fingerprint density at radius 1 is 1.06 bits per heavy atom. The average molecular weight is 506 g/mol. The van der Waals surface area contributed by atoms with E-state index < -0.39 is 17.8 Å². The van der Waals surface area contributed by atoms with Crippen LogP contribution in [0, 0.1) is 17.1 Å². The fraction of sp³-hybridized carbons (Fsp3) is 0.0800. The number of hydrogen-bond donors (Lipinski definition) is 1. The van der Waals surface area contributed by atoms with Gasteiger partial charge in [0.1, 0.15) is 23.9 Å². The number of amides is 3. The molecule has 33 heavy (non-hydrogen) atoms. The molecule has 0 aliphatic carbocycles. The van der Waals surface area contributed by atoms with Gasteiger partial charge in [-0.1, -0.05) is 52.3 Å². The second-order valence-electron chi connectivity index (χ2n) is 7.21. The van der Waals surface area contributed by atoms with Crippen LogP contribution in [0.5, 0.6) is 5.75 Å². The fourth-order valence-corrected chi connectivity index (χ4v) is 3.72. The molecule has 0 atom stereocenters. The Bertz CT molecular complexity index is 1320. The standard InChI is InChI=1S/C25H17BrFN3O3/c26-20-9-10-23(33-15-18-7-2-1-5-16(18)13-28)19(11-20)12-22-24(31)30(25(32)29-22)14-17-6-3-4-8-21(17)27/h1-12H,14-15H2,(H,29,32)/b22-12+.